The predicted octanol–water partition coefficient (Wildman–Crippen LogP) is 2.52. The maximum absolute atomic E-state index is 11.6. The highest BCUT2D eigenvalue weighted by Gasteiger charge is 2.36. The molecule has 0 unspecified atom stereocenters. The highest BCUT2D eigenvalue weighted by Crippen LogP contribution is 2.33. The summed E-state index contributed by atoms with van der Waals surface area (Å²) in [6.07, 6.45) is 5.52. The van der Waals surface area contributed by atoms with Crippen LogP contribution in [0.25, 0.3) is 0 Å². The SMILES string of the molecule is C=C1C(=O)O[C@H]2/C=C(\C)C[C@H](O)C/C(C)=C/C[C@H]12. The lowest BCUT2D eigenvalue weighted by Gasteiger charge is -2.18. The summed E-state index contributed by atoms with van der Waals surface area (Å²) in [5.41, 5.74) is 2.78. The van der Waals surface area contributed by atoms with Crippen molar-refractivity contribution in [3.05, 3.63) is 35.5 Å². The number of carbonyl (C=O) groups is 1. The normalized spacial score (nSPS) is 39.2. The number of fused-ring (bicyclic) bond motifs is 1. The van der Waals surface area contributed by atoms with Crippen LogP contribution in [0.5, 0.6) is 0 Å². The minimum absolute atomic E-state index is 0.0395. The maximum Gasteiger partial charge on any atom is 0.334 e. The van der Waals surface area contributed by atoms with Gasteiger partial charge in [0.05, 0.1) is 6.10 Å². The first-order valence-corrected chi connectivity index (χ1v) is 6.38. The standard InChI is InChI=1S/C15H20O3/c1-9-4-5-13-11(3)15(17)18-14(13)8-10(2)7-12(16)6-9/h4,8,12-14,16H,3,5-7H2,1-2H3/b9-4+,10-8+/t12-,13-,14+/m1/s1. The van der Waals surface area contributed by atoms with Crippen LogP contribution in [0.4, 0.5) is 0 Å². The van der Waals surface area contributed by atoms with Crippen molar-refractivity contribution in [1.29, 1.82) is 0 Å². The van der Waals surface area contributed by atoms with Gasteiger partial charge in [0.1, 0.15) is 6.10 Å². The zero-order chi connectivity index (χ0) is 13.3. The number of esters is 1. The molecule has 1 saturated heterocycles. The summed E-state index contributed by atoms with van der Waals surface area (Å²) in [7, 11) is 0. The smallest absolute Gasteiger partial charge is 0.334 e. The van der Waals surface area contributed by atoms with E-state index >= 15 is 0 Å². The van der Waals surface area contributed by atoms with Crippen LogP contribution in [0, 0.1) is 5.92 Å². The van der Waals surface area contributed by atoms with Gasteiger partial charge in [-0.3, -0.25) is 0 Å². The third-order valence-corrected chi connectivity index (χ3v) is 3.63. The van der Waals surface area contributed by atoms with E-state index in [0.717, 1.165) is 17.6 Å². The molecule has 0 aromatic carbocycles. The molecule has 1 aliphatic carbocycles. The lowest BCUT2D eigenvalue weighted by molar-refractivity contribution is -0.137. The molecule has 1 aliphatic heterocycles. The lowest BCUT2D eigenvalue weighted by atomic mass is 9.89. The fourth-order valence-corrected chi connectivity index (χ4v) is 2.63. The van der Waals surface area contributed by atoms with Gasteiger partial charge >= 0.3 is 5.97 Å². The number of hydrogen-bond acceptors (Lipinski definition) is 3. The third kappa shape index (κ3) is 2.72. The van der Waals surface area contributed by atoms with Crippen LogP contribution >= 0.6 is 0 Å². The summed E-state index contributed by atoms with van der Waals surface area (Å²) in [5, 5.41) is 9.91. The van der Waals surface area contributed by atoms with Gasteiger partial charge in [0.2, 0.25) is 0 Å². The Labute approximate surface area is 108 Å². The predicted molar refractivity (Wildman–Crippen MR) is 69.9 cm³/mol. The molecule has 3 heteroatoms. The summed E-state index contributed by atoms with van der Waals surface area (Å²) in [6.45, 7) is 7.81. The number of allylic oxidation sites excluding steroid dienone is 1. The number of aliphatic hydroxyl groups is 1. The van der Waals surface area contributed by atoms with E-state index < -0.39 is 0 Å². The summed E-state index contributed by atoms with van der Waals surface area (Å²) in [4.78, 5) is 11.6. The second kappa shape index (κ2) is 5.11. The van der Waals surface area contributed by atoms with E-state index in [2.05, 4.69) is 12.7 Å². The van der Waals surface area contributed by atoms with Gasteiger partial charge in [-0.25, -0.2) is 4.79 Å². The largest absolute Gasteiger partial charge is 0.454 e. The Morgan fingerprint density at radius 1 is 1.33 bits per heavy atom. The Bertz CT molecular complexity index is 431. The molecule has 1 fully saturated rings. The van der Waals surface area contributed by atoms with Gasteiger partial charge in [0, 0.05) is 11.5 Å². The van der Waals surface area contributed by atoms with Crippen molar-refractivity contribution >= 4 is 5.97 Å². The van der Waals surface area contributed by atoms with E-state index in [9.17, 15) is 9.90 Å². The first kappa shape index (κ1) is 13.1. The quantitative estimate of drug-likeness (QED) is 0.407. The van der Waals surface area contributed by atoms with E-state index in [4.69, 9.17) is 4.74 Å². The maximum atomic E-state index is 11.6. The molecule has 2 rings (SSSR count). The van der Waals surface area contributed by atoms with Gasteiger partial charge in [-0.2, -0.15) is 0 Å². The van der Waals surface area contributed by atoms with E-state index in [0.29, 0.717) is 18.4 Å². The molecule has 2 aliphatic rings. The van der Waals surface area contributed by atoms with Crippen molar-refractivity contribution in [3.63, 3.8) is 0 Å². The zero-order valence-electron chi connectivity index (χ0n) is 11.0. The molecule has 0 bridgehead atoms. The van der Waals surface area contributed by atoms with Gasteiger partial charge in [0.25, 0.3) is 0 Å². The molecule has 0 aromatic rings. The van der Waals surface area contributed by atoms with Crippen molar-refractivity contribution in [2.24, 2.45) is 5.92 Å². The average Bonchev–Trinajstić information content (AvgIpc) is 2.51. The van der Waals surface area contributed by atoms with E-state index in [1.165, 1.54) is 0 Å². The number of ether oxygens (including phenoxy) is 1. The number of rotatable bonds is 0. The molecule has 0 radical (unpaired) electrons. The van der Waals surface area contributed by atoms with Crippen molar-refractivity contribution in [2.75, 3.05) is 0 Å². The number of aliphatic hydroxyl groups excluding tert-OH is 1. The first-order valence-electron chi connectivity index (χ1n) is 6.38. The molecular weight excluding hydrogens is 228 g/mol. The van der Waals surface area contributed by atoms with Gasteiger partial charge in [-0.15, -0.1) is 0 Å². The molecule has 98 valence electrons. The molecule has 18 heavy (non-hydrogen) atoms. The molecule has 1 heterocycles. The van der Waals surface area contributed by atoms with Gasteiger partial charge in [0.15, 0.2) is 0 Å². The molecule has 0 aromatic heterocycles. The van der Waals surface area contributed by atoms with Crippen LogP contribution in [0.1, 0.15) is 33.1 Å². The second-order valence-electron chi connectivity index (χ2n) is 5.36. The minimum Gasteiger partial charge on any atom is -0.454 e. The van der Waals surface area contributed by atoms with Crippen LogP contribution in [0.3, 0.4) is 0 Å². The molecule has 0 spiro atoms. The van der Waals surface area contributed by atoms with Crippen molar-refractivity contribution in [3.8, 4) is 0 Å². The monoisotopic (exact) mass is 248 g/mol. The second-order valence-corrected chi connectivity index (χ2v) is 5.36. The third-order valence-electron chi connectivity index (χ3n) is 3.63. The molecule has 3 atom stereocenters. The highest BCUT2D eigenvalue weighted by atomic mass is 16.5. The van der Waals surface area contributed by atoms with Crippen molar-refractivity contribution < 1.29 is 14.6 Å². The Morgan fingerprint density at radius 2 is 2.00 bits per heavy atom. The highest BCUT2D eigenvalue weighted by molar-refractivity contribution is 5.91. The molecule has 1 N–H and O–H groups in total. The summed E-state index contributed by atoms with van der Waals surface area (Å²) in [5.74, 6) is -0.252. The molecular formula is C15H20O3. The number of carbonyl (C=O) groups excluding carboxylic acids is 1. The van der Waals surface area contributed by atoms with Crippen LogP contribution in [-0.4, -0.2) is 23.3 Å². The minimum atomic E-state index is -0.352. The lowest BCUT2D eigenvalue weighted by Crippen LogP contribution is -2.17. The van der Waals surface area contributed by atoms with Gasteiger partial charge in [-0.05, 0) is 39.2 Å². The Kier molecular flexibility index (Phi) is 3.71. The molecule has 3 nitrogen and oxygen atoms in total. The zero-order valence-corrected chi connectivity index (χ0v) is 11.0. The summed E-state index contributed by atoms with van der Waals surface area (Å²) >= 11 is 0. The van der Waals surface area contributed by atoms with E-state index in [1.807, 2.05) is 19.9 Å². The summed E-state index contributed by atoms with van der Waals surface area (Å²) in [6, 6.07) is 0. The summed E-state index contributed by atoms with van der Waals surface area (Å²) < 4.78 is 5.32. The van der Waals surface area contributed by atoms with E-state index in [-0.39, 0.29) is 24.1 Å². The van der Waals surface area contributed by atoms with Crippen LogP contribution in [0.2, 0.25) is 0 Å². The Balaban J connectivity index is 2.28. The average molecular weight is 248 g/mol. The molecule has 0 amide bonds. The van der Waals surface area contributed by atoms with Gasteiger partial charge in [-0.1, -0.05) is 23.8 Å². The van der Waals surface area contributed by atoms with Gasteiger partial charge < -0.3 is 9.84 Å². The number of hydrogen-bond donors (Lipinski definition) is 1. The van der Waals surface area contributed by atoms with E-state index in [1.54, 1.807) is 0 Å². The van der Waals surface area contributed by atoms with Crippen LogP contribution in [-0.2, 0) is 9.53 Å². The Morgan fingerprint density at radius 3 is 2.72 bits per heavy atom. The van der Waals surface area contributed by atoms with Crippen LogP contribution in [0.15, 0.2) is 35.5 Å². The Hall–Kier alpha value is -1.35. The fraction of sp³-hybridized carbons (Fsp3) is 0.533. The van der Waals surface area contributed by atoms with Crippen LogP contribution < -0.4 is 0 Å². The van der Waals surface area contributed by atoms with Crippen molar-refractivity contribution in [1.82, 2.24) is 0 Å². The van der Waals surface area contributed by atoms with Crippen molar-refractivity contribution in [2.45, 2.75) is 45.3 Å². The molecule has 0 saturated carbocycles. The fourth-order valence-electron chi connectivity index (χ4n) is 2.63. The first-order chi connectivity index (χ1) is 8.47. The topological polar surface area (TPSA) is 46.5 Å².